The van der Waals surface area contributed by atoms with E-state index in [1.807, 2.05) is 45.0 Å². The molecular formula is C30H43N3O6. The highest BCUT2D eigenvalue weighted by atomic mass is 16.6. The third-order valence-electron chi connectivity index (χ3n) is 6.40. The number of amides is 3. The van der Waals surface area contributed by atoms with Crippen LogP contribution in [0.3, 0.4) is 0 Å². The molecule has 0 radical (unpaired) electrons. The second-order valence-electron chi connectivity index (χ2n) is 10.5. The van der Waals surface area contributed by atoms with Crippen molar-refractivity contribution in [2.45, 2.75) is 72.1 Å². The Morgan fingerprint density at radius 3 is 2.10 bits per heavy atom. The third-order valence-corrected chi connectivity index (χ3v) is 6.40. The lowest BCUT2D eigenvalue weighted by Crippen LogP contribution is -2.55. The van der Waals surface area contributed by atoms with Crippen molar-refractivity contribution < 1.29 is 29.0 Å². The summed E-state index contributed by atoms with van der Waals surface area (Å²) < 4.78 is 10.6. The number of carbonyl (C=O) groups is 3. The van der Waals surface area contributed by atoms with Crippen LogP contribution >= 0.6 is 0 Å². The maximum atomic E-state index is 14.1. The monoisotopic (exact) mass is 541 g/mol. The standard InChI is InChI=1S/C30H43N3O6/c1-8-20(3)25(32-29(37)39-30(4,5)6)28(36)33(18-19-34)26(22-12-10-21(9-2)11-13-22)27(35)31-23-14-16-24(38-7)17-15-23/h10-17,20,25-26,34H,8-9,18-19H2,1-7H3,(H,31,35)(H,32,37). The first-order valence-corrected chi connectivity index (χ1v) is 13.4. The summed E-state index contributed by atoms with van der Waals surface area (Å²) in [6, 6.07) is 12.3. The molecule has 2 aromatic rings. The Labute approximate surface area is 231 Å². The second kappa shape index (κ2) is 14.5. The fraction of sp³-hybridized carbons (Fsp3) is 0.500. The van der Waals surface area contributed by atoms with Crippen LogP contribution in [-0.4, -0.2) is 59.8 Å². The van der Waals surface area contributed by atoms with E-state index in [-0.39, 0.29) is 19.1 Å². The van der Waals surface area contributed by atoms with Crippen LogP contribution in [0.4, 0.5) is 10.5 Å². The molecule has 2 aromatic carbocycles. The minimum atomic E-state index is -1.07. The van der Waals surface area contributed by atoms with Crippen LogP contribution in [0.5, 0.6) is 5.75 Å². The average molecular weight is 542 g/mol. The van der Waals surface area contributed by atoms with Gasteiger partial charge in [-0.2, -0.15) is 0 Å². The molecule has 0 spiro atoms. The van der Waals surface area contributed by atoms with E-state index in [4.69, 9.17) is 9.47 Å². The maximum Gasteiger partial charge on any atom is 0.408 e. The quantitative estimate of drug-likeness (QED) is 0.359. The van der Waals surface area contributed by atoms with Crippen molar-refractivity contribution in [3.8, 4) is 5.75 Å². The zero-order chi connectivity index (χ0) is 29.2. The lowest BCUT2D eigenvalue weighted by Gasteiger charge is -2.35. The molecule has 0 aliphatic heterocycles. The van der Waals surface area contributed by atoms with Crippen LogP contribution in [0.1, 0.15) is 65.1 Å². The Bertz CT molecular complexity index is 1080. The topological polar surface area (TPSA) is 117 Å². The summed E-state index contributed by atoms with van der Waals surface area (Å²) in [6.45, 7) is 10.5. The number of aliphatic hydroxyl groups is 1. The highest BCUT2D eigenvalue weighted by molar-refractivity contribution is 5.99. The molecule has 39 heavy (non-hydrogen) atoms. The van der Waals surface area contributed by atoms with Gasteiger partial charge in [0.15, 0.2) is 0 Å². The van der Waals surface area contributed by atoms with Crippen LogP contribution < -0.4 is 15.4 Å². The number of hydrogen-bond acceptors (Lipinski definition) is 6. The second-order valence-corrected chi connectivity index (χ2v) is 10.5. The molecule has 9 heteroatoms. The van der Waals surface area contributed by atoms with E-state index in [1.165, 1.54) is 4.90 Å². The molecule has 0 aromatic heterocycles. The number of nitrogens with zero attached hydrogens (tertiary/aromatic N) is 1. The normalized spacial score (nSPS) is 13.5. The fourth-order valence-electron chi connectivity index (χ4n) is 4.06. The zero-order valence-corrected chi connectivity index (χ0v) is 24.1. The van der Waals surface area contributed by atoms with E-state index in [9.17, 15) is 19.5 Å². The van der Waals surface area contributed by atoms with Gasteiger partial charge >= 0.3 is 6.09 Å². The molecule has 3 amide bonds. The van der Waals surface area contributed by atoms with Crippen LogP contribution in [0, 0.1) is 5.92 Å². The summed E-state index contributed by atoms with van der Waals surface area (Å²) in [5.74, 6) is -0.564. The van der Waals surface area contributed by atoms with Gasteiger partial charge in [0, 0.05) is 12.2 Å². The molecule has 3 atom stereocenters. The minimum absolute atomic E-state index is 0.113. The SMILES string of the molecule is CCc1ccc(C(C(=O)Nc2ccc(OC)cc2)N(CCO)C(=O)C(NC(=O)OC(C)(C)C)C(C)CC)cc1. The van der Waals surface area contributed by atoms with Crippen LogP contribution in [0.25, 0.3) is 0 Å². The number of ether oxygens (including phenoxy) is 2. The van der Waals surface area contributed by atoms with Crippen molar-refractivity contribution in [3.63, 3.8) is 0 Å². The first-order valence-electron chi connectivity index (χ1n) is 13.4. The maximum absolute atomic E-state index is 14.1. The molecule has 214 valence electrons. The number of hydrogen-bond donors (Lipinski definition) is 3. The van der Waals surface area contributed by atoms with Crippen molar-refractivity contribution >= 4 is 23.6 Å². The van der Waals surface area contributed by atoms with Crippen molar-refractivity contribution in [2.75, 3.05) is 25.6 Å². The average Bonchev–Trinajstić information content (AvgIpc) is 2.90. The first kappa shape index (κ1) is 31.6. The Kier molecular flexibility index (Phi) is 11.8. The smallest absolute Gasteiger partial charge is 0.408 e. The van der Waals surface area contributed by atoms with E-state index < -0.39 is 35.6 Å². The molecule has 9 nitrogen and oxygen atoms in total. The van der Waals surface area contributed by atoms with E-state index in [1.54, 1.807) is 52.1 Å². The molecule has 0 aliphatic rings. The molecule has 0 saturated carbocycles. The third kappa shape index (κ3) is 9.28. The number of aliphatic hydroxyl groups excluding tert-OH is 1. The van der Waals surface area contributed by atoms with E-state index >= 15 is 0 Å². The van der Waals surface area contributed by atoms with Gasteiger partial charge in [-0.1, -0.05) is 51.5 Å². The van der Waals surface area contributed by atoms with Crippen molar-refractivity contribution in [2.24, 2.45) is 5.92 Å². The van der Waals surface area contributed by atoms with Gasteiger partial charge in [0.2, 0.25) is 5.91 Å². The number of methoxy groups -OCH3 is 1. The molecule has 0 fully saturated rings. The van der Waals surface area contributed by atoms with Gasteiger partial charge in [-0.15, -0.1) is 0 Å². The number of rotatable bonds is 12. The summed E-state index contributed by atoms with van der Waals surface area (Å²) >= 11 is 0. The first-order chi connectivity index (χ1) is 18.4. The molecule has 2 rings (SSSR count). The summed E-state index contributed by atoms with van der Waals surface area (Å²) in [4.78, 5) is 41.8. The lowest BCUT2D eigenvalue weighted by atomic mass is 9.95. The summed E-state index contributed by atoms with van der Waals surface area (Å²) in [6.07, 6.45) is 0.683. The van der Waals surface area contributed by atoms with Crippen molar-refractivity contribution in [1.29, 1.82) is 0 Å². The Balaban J connectivity index is 2.50. The molecular weight excluding hydrogens is 498 g/mol. The fourth-order valence-corrected chi connectivity index (χ4v) is 4.06. The number of nitrogens with one attached hydrogen (secondary N) is 2. The molecule has 0 heterocycles. The van der Waals surface area contributed by atoms with Crippen LogP contribution in [0.2, 0.25) is 0 Å². The summed E-state index contributed by atoms with van der Waals surface area (Å²) in [7, 11) is 1.56. The lowest BCUT2D eigenvalue weighted by molar-refractivity contribution is -0.142. The van der Waals surface area contributed by atoms with E-state index in [2.05, 4.69) is 10.6 Å². The summed E-state index contributed by atoms with van der Waals surface area (Å²) in [5.41, 5.74) is 1.44. The Hall–Kier alpha value is -3.59. The van der Waals surface area contributed by atoms with Gasteiger partial charge in [0.05, 0.1) is 13.7 Å². The molecule has 0 bridgehead atoms. The number of aryl methyl sites for hydroxylation is 1. The Morgan fingerprint density at radius 2 is 1.62 bits per heavy atom. The number of carbonyl (C=O) groups excluding carboxylic acids is 3. The van der Waals surface area contributed by atoms with Gasteiger partial charge in [-0.3, -0.25) is 9.59 Å². The van der Waals surface area contributed by atoms with Gasteiger partial charge in [0.1, 0.15) is 23.4 Å². The largest absolute Gasteiger partial charge is 0.497 e. The number of alkyl carbamates (subject to hydrolysis) is 1. The van der Waals surface area contributed by atoms with Crippen molar-refractivity contribution in [1.82, 2.24) is 10.2 Å². The van der Waals surface area contributed by atoms with Crippen molar-refractivity contribution in [3.05, 3.63) is 59.7 Å². The predicted octanol–water partition coefficient (Wildman–Crippen LogP) is 4.70. The predicted molar refractivity (Wildman–Crippen MR) is 152 cm³/mol. The highest BCUT2D eigenvalue weighted by Gasteiger charge is 2.38. The highest BCUT2D eigenvalue weighted by Crippen LogP contribution is 2.27. The van der Waals surface area contributed by atoms with E-state index in [0.29, 0.717) is 23.4 Å². The van der Waals surface area contributed by atoms with Gasteiger partial charge < -0.3 is 30.1 Å². The number of benzene rings is 2. The van der Waals surface area contributed by atoms with E-state index in [0.717, 1.165) is 12.0 Å². The molecule has 3 N–H and O–H groups in total. The number of anilines is 1. The van der Waals surface area contributed by atoms with Crippen LogP contribution in [-0.2, 0) is 20.7 Å². The molecule has 0 aliphatic carbocycles. The summed E-state index contributed by atoms with van der Waals surface area (Å²) in [5, 5.41) is 15.5. The Morgan fingerprint density at radius 1 is 1.00 bits per heavy atom. The van der Waals surface area contributed by atoms with Crippen LogP contribution in [0.15, 0.2) is 48.5 Å². The zero-order valence-electron chi connectivity index (χ0n) is 24.1. The van der Waals surface area contributed by atoms with Gasteiger partial charge in [-0.05, 0) is 68.5 Å². The molecule has 0 saturated heterocycles. The van der Waals surface area contributed by atoms with Gasteiger partial charge in [0.25, 0.3) is 5.91 Å². The minimum Gasteiger partial charge on any atom is -0.497 e. The molecule has 3 unspecified atom stereocenters. The van der Waals surface area contributed by atoms with Gasteiger partial charge in [-0.25, -0.2) is 4.79 Å².